The minimum absolute atomic E-state index is 0.0216. The molecule has 2 N–H and O–H groups in total. The lowest BCUT2D eigenvalue weighted by molar-refractivity contribution is -0.142. The van der Waals surface area contributed by atoms with Crippen LogP contribution in [0.5, 0.6) is 11.5 Å². The van der Waals surface area contributed by atoms with Gasteiger partial charge in [-0.1, -0.05) is 17.7 Å². The maximum absolute atomic E-state index is 11.9. The Bertz CT molecular complexity index is 934. The number of nitrogens with zero attached hydrogens (tertiary/aromatic N) is 1. The highest BCUT2D eigenvalue weighted by molar-refractivity contribution is 6.31. The number of carbonyl (C=O) groups is 2. The molecule has 0 saturated carbocycles. The quantitative estimate of drug-likeness (QED) is 0.583. The van der Waals surface area contributed by atoms with E-state index in [4.69, 9.17) is 26.3 Å². The van der Waals surface area contributed by atoms with Crippen LogP contribution in [0.3, 0.4) is 0 Å². The molecular weight excluding hydrogens is 372 g/mol. The first-order valence-electron chi connectivity index (χ1n) is 7.64. The molecule has 0 bridgehead atoms. The van der Waals surface area contributed by atoms with Crippen molar-refractivity contribution in [3.63, 3.8) is 0 Å². The zero-order valence-corrected chi connectivity index (χ0v) is 15.0. The van der Waals surface area contributed by atoms with Crippen molar-refractivity contribution in [2.24, 2.45) is 0 Å². The Hall–Kier alpha value is -3.50. The molecule has 0 spiro atoms. The third kappa shape index (κ3) is 5.76. The number of nitrogens with one attached hydrogen (secondary N) is 1. The van der Waals surface area contributed by atoms with Crippen molar-refractivity contribution in [2.45, 2.75) is 0 Å². The monoisotopic (exact) mass is 386 g/mol. The van der Waals surface area contributed by atoms with Gasteiger partial charge >= 0.3 is 5.97 Å². The van der Waals surface area contributed by atoms with E-state index >= 15 is 0 Å². The number of halogens is 1. The fourth-order valence-corrected chi connectivity index (χ4v) is 2.22. The van der Waals surface area contributed by atoms with Crippen LogP contribution in [0.1, 0.15) is 11.1 Å². The number of phenols is 1. The Labute approximate surface area is 160 Å². The van der Waals surface area contributed by atoms with Crippen LogP contribution in [0.2, 0.25) is 5.02 Å². The summed E-state index contributed by atoms with van der Waals surface area (Å²) in [7, 11) is 1.41. The normalized spacial score (nSPS) is 10.3. The van der Waals surface area contributed by atoms with Crippen LogP contribution in [0.25, 0.3) is 6.08 Å². The molecule has 0 radical (unpaired) electrons. The molecule has 2 aromatic carbocycles. The summed E-state index contributed by atoms with van der Waals surface area (Å²) in [6.45, 7) is -0.528. The van der Waals surface area contributed by atoms with Gasteiger partial charge in [0.15, 0.2) is 18.1 Å². The molecule has 0 aliphatic carbocycles. The molecule has 138 valence electrons. The van der Waals surface area contributed by atoms with E-state index in [1.165, 1.54) is 43.5 Å². The molecule has 0 unspecified atom stereocenters. The number of carbonyl (C=O) groups excluding carboxylic acids is 2. The summed E-state index contributed by atoms with van der Waals surface area (Å²) in [6, 6.07) is 10.9. The minimum atomic E-state index is -0.733. The second kappa shape index (κ2) is 9.27. The lowest BCUT2D eigenvalue weighted by Gasteiger charge is -2.07. The van der Waals surface area contributed by atoms with Crippen LogP contribution in [0.15, 0.2) is 42.5 Å². The first-order chi connectivity index (χ1) is 12.9. The standard InChI is InChI=1S/C19H15ClN2O5/c1-26-17-8-12(2-6-16(17)23)3-7-19(25)27-11-18(24)22-15-9-14(20)5-4-13(15)10-21/h2-9,23H,11H2,1H3,(H,22,24)/b7-3+. The first kappa shape index (κ1) is 19.8. The van der Waals surface area contributed by atoms with Gasteiger partial charge in [-0.2, -0.15) is 5.26 Å². The number of phenolic OH excluding ortho intramolecular Hbond substituents is 1. The van der Waals surface area contributed by atoms with E-state index in [1.807, 2.05) is 6.07 Å². The molecule has 7 nitrogen and oxygen atoms in total. The summed E-state index contributed by atoms with van der Waals surface area (Å²) in [6.07, 6.45) is 2.59. The van der Waals surface area contributed by atoms with Crippen LogP contribution >= 0.6 is 11.6 Å². The largest absolute Gasteiger partial charge is 0.504 e. The number of nitriles is 1. The van der Waals surface area contributed by atoms with Crippen LogP contribution in [0, 0.1) is 11.3 Å². The Morgan fingerprint density at radius 2 is 2.07 bits per heavy atom. The average Bonchev–Trinajstić information content (AvgIpc) is 2.66. The van der Waals surface area contributed by atoms with Gasteiger partial charge in [-0.25, -0.2) is 4.79 Å². The first-order valence-corrected chi connectivity index (χ1v) is 8.02. The van der Waals surface area contributed by atoms with E-state index in [-0.39, 0.29) is 22.7 Å². The molecule has 0 aliphatic heterocycles. The number of esters is 1. The molecule has 0 aromatic heterocycles. The SMILES string of the molecule is COc1cc(/C=C/C(=O)OCC(=O)Nc2cc(Cl)ccc2C#N)ccc1O. The van der Waals surface area contributed by atoms with Crippen molar-refractivity contribution < 1.29 is 24.2 Å². The second-order valence-corrected chi connectivity index (χ2v) is 5.66. The molecule has 1 amide bonds. The molecule has 0 atom stereocenters. The predicted octanol–water partition coefficient (Wildman–Crippen LogP) is 3.12. The number of anilines is 1. The van der Waals surface area contributed by atoms with Crippen LogP contribution in [-0.4, -0.2) is 30.7 Å². The van der Waals surface area contributed by atoms with Crippen LogP contribution in [0.4, 0.5) is 5.69 Å². The number of amides is 1. The fraction of sp³-hybridized carbons (Fsp3) is 0.105. The molecule has 0 heterocycles. The van der Waals surface area contributed by atoms with Crippen LogP contribution in [-0.2, 0) is 14.3 Å². The average molecular weight is 387 g/mol. The summed E-state index contributed by atoms with van der Waals surface area (Å²) in [5.41, 5.74) is 1.07. The van der Waals surface area contributed by atoms with E-state index in [0.29, 0.717) is 10.6 Å². The molecule has 0 aliphatic rings. The topological polar surface area (TPSA) is 109 Å². The van der Waals surface area contributed by atoms with Gasteiger partial charge in [0.2, 0.25) is 0 Å². The van der Waals surface area contributed by atoms with E-state index in [9.17, 15) is 14.7 Å². The highest BCUT2D eigenvalue weighted by Crippen LogP contribution is 2.26. The summed E-state index contributed by atoms with van der Waals surface area (Å²) < 4.78 is 9.82. The maximum atomic E-state index is 11.9. The predicted molar refractivity (Wildman–Crippen MR) is 99.4 cm³/mol. The van der Waals surface area contributed by atoms with Crippen molar-refractivity contribution in [2.75, 3.05) is 19.0 Å². The molecule has 27 heavy (non-hydrogen) atoms. The molecule has 2 rings (SSSR count). The Kier molecular flexibility index (Phi) is 6.80. The zero-order valence-electron chi connectivity index (χ0n) is 14.2. The second-order valence-electron chi connectivity index (χ2n) is 5.22. The van der Waals surface area contributed by atoms with E-state index in [1.54, 1.807) is 6.07 Å². The Morgan fingerprint density at radius 3 is 2.78 bits per heavy atom. The van der Waals surface area contributed by atoms with E-state index in [2.05, 4.69) is 5.32 Å². The summed E-state index contributed by atoms with van der Waals surface area (Å²) in [4.78, 5) is 23.6. The van der Waals surface area contributed by atoms with E-state index in [0.717, 1.165) is 6.08 Å². The van der Waals surface area contributed by atoms with Crippen molar-refractivity contribution in [3.8, 4) is 17.6 Å². The molecule has 8 heteroatoms. The van der Waals surface area contributed by atoms with Crippen LogP contribution < -0.4 is 10.1 Å². The maximum Gasteiger partial charge on any atom is 0.331 e. The van der Waals surface area contributed by atoms with Gasteiger partial charge in [0.1, 0.15) is 6.07 Å². The fourth-order valence-electron chi connectivity index (χ4n) is 2.05. The summed E-state index contributed by atoms with van der Waals surface area (Å²) in [5.74, 6) is -1.10. The zero-order chi connectivity index (χ0) is 19.8. The smallest absolute Gasteiger partial charge is 0.331 e. The summed E-state index contributed by atoms with van der Waals surface area (Å²) in [5, 5.41) is 21.3. The Balaban J connectivity index is 1.91. The van der Waals surface area contributed by atoms with Gasteiger partial charge < -0.3 is 19.9 Å². The lowest BCUT2D eigenvalue weighted by atomic mass is 10.2. The third-order valence-electron chi connectivity index (χ3n) is 3.34. The van der Waals surface area contributed by atoms with Crippen molar-refractivity contribution in [3.05, 3.63) is 58.6 Å². The number of aromatic hydroxyl groups is 1. The van der Waals surface area contributed by atoms with Crippen molar-refractivity contribution >= 4 is 35.2 Å². The van der Waals surface area contributed by atoms with Gasteiger partial charge in [-0.05, 0) is 42.0 Å². The van der Waals surface area contributed by atoms with Crippen molar-refractivity contribution in [1.29, 1.82) is 5.26 Å². The number of benzene rings is 2. The molecule has 0 fully saturated rings. The highest BCUT2D eigenvalue weighted by atomic mass is 35.5. The number of hydrogen-bond acceptors (Lipinski definition) is 6. The molecule has 0 saturated heterocycles. The summed E-state index contributed by atoms with van der Waals surface area (Å²) >= 11 is 5.84. The van der Waals surface area contributed by atoms with Gasteiger partial charge in [0, 0.05) is 11.1 Å². The molecular formula is C19H15ClN2O5. The number of methoxy groups -OCH3 is 1. The van der Waals surface area contributed by atoms with Gasteiger partial charge in [-0.3, -0.25) is 4.79 Å². The lowest BCUT2D eigenvalue weighted by Crippen LogP contribution is -2.20. The Morgan fingerprint density at radius 1 is 1.30 bits per heavy atom. The molecule has 2 aromatic rings. The number of ether oxygens (including phenoxy) is 2. The van der Waals surface area contributed by atoms with Gasteiger partial charge in [0.25, 0.3) is 5.91 Å². The highest BCUT2D eigenvalue weighted by Gasteiger charge is 2.10. The van der Waals surface area contributed by atoms with E-state index < -0.39 is 18.5 Å². The van der Waals surface area contributed by atoms with Gasteiger partial charge in [0.05, 0.1) is 18.4 Å². The minimum Gasteiger partial charge on any atom is -0.504 e. The third-order valence-corrected chi connectivity index (χ3v) is 3.57. The number of rotatable bonds is 6. The number of hydrogen-bond donors (Lipinski definition) is 2. The van der Waals surface area contributed by atoms with Gasteiger partial charge in [-0.15, -0.1) is 0 Å². The van der Waals surface area contributed by atoms with Crippen molar-refractivity contribution in [1.82, 2.24) is 0 Å².